The fraction of sp³-hybridized carbons (Fsp3) is 0.769. The molecule has 1 unspecified atom stereocenters. The summed E-state index contributed by atoms with van der Waals surface area (Å²) in [6.45, 7) is 8.41. The van der Waals surface area contributed by atoms with Crippen molar-refractivity contribution in [1.82, 2.24) is 0 Å². The van der Waals surface area contributed by atoms with Crippen LogP contribution in [-0.4, -0.2) is 12.6 Å². The third kappa shape index (κ3) is 9.51. The molecule has 0 heterocycles. The molecule has 0 rings (SSSR count). The Morgan fingerprint density at radius 2 is 2.07 bits per heavy atom. The quantitative estimate of drug-likeness (QED) is 0.331. The van der Waals surface area contributed by atoms with Gasteiger partial charge in [-0.05, 0) is 12.3 Å². The highest BCUT2D eigenvalue weighted by molar-refractivity contribution is 5.81. The Morgan fingerprint density at radius 1 is 1.33 bits per heavy atom. The fourth-order valence-corrected chi connectivity index (χ4v) is 1.64. The first-order chi connectivity index (χ1) is 7.20. The highest BCUT2D eigenvalue weighted by Crippen LogP contribution is 2.14. The van der Waals surface area contributed by atoms with Gasteiger partial charge in [0.15, 0.2) is 0 Å². The molecule has 0 aromatic carbocycles. The smallest absolute Gasteiger partial charge is 0.330 e. The Labute approximate surface area is 93.7 Å². The van der Waals surface area contributed by atoms with Crippen molar-refractivity contribution in [3.05, 3.63) is 12.7 Å². The zero-order valence-electron chi connectivity index (χ0n) is 10.1. The standard InChI is InChI=1S/C13H24O2/c1-4-9-12(3)10-7-6-8-11-15-13(14)5-2/h5,12H,2,4,6-11H2,1,3H3. The first-order valence-electron chi connectivity index (χ1n) is 5.99. The molecule has 0 aliphatic carbocycles. The van der Waals surface area contributed by atoms with Gasteiger partial charge in [0.05, 0.1) is 6.61 Å². The van der Waals surface area contributed by atoms with Crippen LogP contribution in [0, 0.1) is 5.92 Å². The highest BCUT2D eigenvalue weighted by atomic mass is 16.5. The molecule has 0 aromatic heterocycles. The van der Waals surface area contributed by atoms with Crippen molar-refractivity contribution in [1.29, 1.82) is 0 Å². The predicted octanol–water partition coefficient (Wildman–Crippen LogP) is 3.71. The third-order valence-electron chi connectivity index (χ3n) is 2.53. The summed E-state index contributed by atoms with van der Waals surface area (Å²) in [4.78, 5) is 10.7. The van der Waals surface area contributed by atoms with Crippen LogP contribution in [0.1, 0.15) is 52.4 Å². The van der Waals surface area contributed by atoms with Gasteiger partial charge in [0.1, 0.15) is 0 Å². The van der Waals surface area contributed by atoms with E-state index in [1.165, 1.54) is 31.8 Å². The van der Waals surface area contributed by atoms with Gasteiger partial charge < -0.3 is 4.74 Å². The van der Waals surface area contributed by atoms with Crippen molar-refractivity contribution in [2.75, 3.05) is 6.61 Å². The minimum Gasteiger partial charge on any atom is -0.463 e. The van der Waals surface area contributed by atoms with Crippen molar-refractivity contribution >= 4 is 5.97 Å². The van der Waals surface area contributed by atoms with Crippen molar-refractivity contribution in [2.45, 2.75) is 52.4 Å². The van der Waals surface area contributed by atoms with E-state index in [0.29, 0.717) is 6.61 Å². The van der Waals surface area contributed by atoms with E-state index in [-0.39, 0.29) is 5.97 Å². The number of hydrogen-bond acceptors (Lipinski definition) is 2. The van der Waals surface area contributed by atoms with Gasteiger partial charge in [-0.2, -0.15) is 0 Å². The van der Waals surface area contributed by atoms with E-state index >= 15 is 0 Å². The molecule has 0 saturated heterocycles. The van der Waals surface area contributed by atoms with Crippen LogP contribution < -0.4 is 0 Å². The van der Waals surface area contributed by atoms with E-state index in [4.69, 9.17) is 4.74 Å². The molecule has 15 heavy (non-hydrogen) atoms. The second-order valence-corrected chi connectivity index (χ2v) is 4.11. The number of unbranched alkanes of at least 4 members (excludes halogenated alkanes) is 2. The van der Waals surface area contributed by atoms with Gasteiger partial charge in [0.25, 0.3) is 0 Å². The molecule has 0 aliphatic rings. The minimum atomic E-state index is -0.311. The largest absolute Gasteiger partial charge is 0.463 e. The molecule has 1 atom stereocenters. The van der Waals surface area contributed by atoms with Crippen LogP contribution in [0.15, 0.2) is 12.7 Å². The van der Waals surface area contributed by atoms with Crippen molar-refractivity contribution in [3.8, 4) is 0 Å². The Bertz CT molecular complexity index is 175. The first kappa shape index (κ1) is 14.2. The Hall–Kier alpha value is -0.790. The SMILES string of the molecule is C=CC(=O)OCCCCCC(C)CCC. The number of hydrogen-bond donors (Lipinski definition) is 0. The lowest BCUT2D eigenvalue weighted by Crippen LogP contribution is -2.02. The zero-order valence-corrected chi connectivity index (χ0v) is 10.1. The lowest BCUT2D eigenvalue weighted by molar-refractivity contribution is -0.137. The van der Waals surface area contributed by atoms with Gasteiger partial charge in [-0.3, -0.25) is 0 Å². The monoisotopic (exact) mass is 212 g/mol. The van der Waals surface area contributed by atoms with E-state index in [9.17, 15) is 4.79 Å². The summed E-state index contributed by atoms with van der Waals surface area (Å²) in [5, 5.41) is 0. The molecule has 2 nitrogen and oxygen atoms in total. The molecule has 0 radical (unpaired) electrons. The maximum atomic E-state index is 10.7. The van der Waals surface area contributed by atoms with E-state index < -0.39 is 0 Å². The molecule has 0 aromatic rings. The van der Waals surface area contributed by atoms with Crippen LogP contribution >= 0.6 is 0 Å². The predicted molar refractivity (Wildman–Crippen MR) is 63.7 cm³/mol. The van der Waals surface area contributed by atoms with Crippen LogP contribution in [0.4, 0.5) is 0 Å². The number of ether oxygens (including phenoxy) is 1. The Morgan fingerprint density at radius 3 is 2.67 bits per heavy atom. The molecule has 88 valence electrons. The van der Waals surface area contributed by atoms with Crippen LogP contribution in [0.3, 0.4) is 0 Å². The fourth-order valence-electron chi connectivity index (χ4n) is 1.64. The van der Waals surface area contributed by atoms with Gasteiger partial charge >= 0.3 is 5.97 Å². The van der Waals surface area contributed by atoms with E-state index in [1.807, 2.05) is 0 Å². The number of rotatable bonds is 9. The topological polar surface area (TPSA) is 26.3 Å². The molecule has 0 bridgehead atoms. The second kappa shape index (κ2) is 9.75. The molecule has 0 amide bonds. The van der Waals surface area contributed by atoms with Crippen LogP contribution in [0.5, 0.6) is 0 Å². The summed E-state index contributed by atoms with van der Waals surface area (Å²) in [6, 6.07) is 0. The van der Waals surface area contributed by atoms with Crippen molar-refractivity contribution < 1.29 is 9.53 Å². The lowest BCUT2D eigenvalue weighted by Gasteiger charge is -2.09. The van der Waals surface area contributed by atoms with Gasteiger partial charge in [-0.1, -0.05) is 52.5 Å². The summed E-state index contributed by atoms with van der Waals surface area (Å²) in [5.41, 5.74) is 0. The van der Waals surface area contributed by atoms with E-state index in [1.54, 1.807) is 0 Å². The molecule has 0 fully saturated rings. The van der Waals surface area contributed by atoms with Crippen LogP contribution in [-0.2, 0) is 9.53 Å². The maximum Gasteiger partial charge on any atom is 0.330 e. The summed E-state index contributed by atoms with van der Waals surface area (Å²) in [6.07, 6.45) is 8.47. The molecule has 0 aliphatic heterocycles. The Kier molecular flexibility index (Phi) is 9.24. The molecule has 0 saturated carbocycles. The van der Waals surface area contributed by atoms with Crippen LogP contribution in [0.2, 0.25) is 0 Å². The number of carbonyl (C=O) groups excluding carboxylic acids is 1. The first-order valence-corrected chi connectivity index (χ1v) is 5.99. The second-order valence-electron chi connectivity index (χ2n) is 4.11. The van der Waals surface area contributed by atoms with Crippen molar-refractivity contribution in [2.24, 2.45) is 5.92 Å². The average molecular weight is 212 g/mol. The van der Waals surface area contributed by atoms with Crippen LogP contribution in [0.25, 0.3) is 0 Å². The summed E-state index contributed by atoms with van der Waals surface area (Å²) in [7, 11) is 0. The average Bonchev–Trinajstić information content (AvgIpc) is 2.23. The number of esters is 1. The highest BCUT2D eigenvalue weighted by Gasteiger charge is 2.00. The minimum absolute atomic E-state index is 0.311. The molecular formula is C13H24O2. The number of carbonyl (C=O) groups is 1. The van der Waals surface area contributed by atoms with Gasteiger partial charge in [0.2, 0.25) is 0 Å². The van der Waals surface area contributed by atoms with E-state index in [0.717, 1.165) is 18.8 Å². The summed E-state index contributed by atoms with van der Waals surface area (Å²) in [5.74, 6) is 0.528. The van der Waals surface area contributed by atoms with Gasteiger partial charge in [0, 0.05) is 6.08 Å². The molecule has 2 heteroatoms. The molecule has 0 spiro atoms. The van der Waals surface area contributed by atoms with Crippen molar-refractivity contribution in [3.63, 3.8) is 0 Å². The summed E-state index contributed by atoms with van der Waals surface area (Å²) >= 11 is 0. The maximum absolute atomic E-state index is 10.7. The normalized spacial score (nSPS) is 12.1. The van der Waals surface area contributed by atoms with Gasteiger partial charge in [-0.15, -0.1) is 0 Å². The third-order valence-corrected chi connectivity index (χ3v) is 2.53. The van der Waals surface area contributed by atoms with Gasteiger partial charge in [-0.25, -0.2) is 4.79 Å². The lowest BCUT2D eigenvalue weighted by atomic mass is 9.99. The molecule has 0 N–H and O–H groups in total. The Balaban J connectivity index is 3.17. The molecular weight excluding hydrogens is 188 g/mol. The summed E-state index contributed by atoms with van der Waals surface area (Å²) < 4.78 is 4.89. The van der Waals surface area contributed by atoms with E-state index in [2.05, 4.69) is 20.4 Å². The zero-order chi connectivity index (χ0) is 11.5.